The first-order valence-electron chi connectivity index (χ1n) is 9.13. The summed E-state index contributed by atoms with van der Waals surface area (Å²) in [7, 11) is 1.64. The van der Waals surface area contributed by atoms with Gasteiger partial charge in [0, 0.05) is 12.2 Å². The van der Waals surface area contributed by atoms with E-state index in [1.54, 1.807) is 13.3 Å². The molecule has 1 heterocycles. The second-order valence-electron chi connectivity index (χ2n) is 6.55. The number of para-hydroxylation sites is 1. The molecule has 0 atom stereocenters. The van der Waals surface area contributed by atoms with Gasteiger partial charge in [0.1, 0.15) is 17.3 Å². The lowest BCUT2D eigenvalue weighted by atomic mass is 10.1. The minimum Gasteiger partial charge on any atom is -0.496 e. The molecular weight excluding hydrogens is 352 g/mol. The monoisotopic (exact) mass is 376 g/mol. The number of hydrogen-bond acceptors (Lipinski definition) is 5. The lowest BCUT2D eigenvalue weighted by Crippen LogP contribution is -2.26. The Morgan fingerprint density at radius 1 is 1.07 bits per heavy atom. The summed E-state index contributed by atoms with van der Waals surface area (Å²) in [6, 6.07) is 13.9. The number of aromatic nitrogens is 2. The fourth-order valence-corrected chi connectivity index (χ4v) is 2.91. The maximum absolute atomic E-state index is 12.3. The molecule has 0 aliphatic carbocycles. The Balaban J connectivity index is 1.56. The van der Waals surface area contributed by atoms with Gasteiger partial charge in [-0.05, 0) is 43.5 Å². The van der Waals surface area contributed by atoms with E-state index in [0.29, 0.717) is 18.8 Å². The normalized spacial score (nSPS) is 10.4. The van der Waals surface area contributed by atoms with Crippen LogP contribution in [0.25, 0.3) is 0 Å². The Kier molecular flexibility index (Phi) is 6.22. The Morgan fingerprint density at radius 2 is 1.89 bits per heavy atom. The molecule has 0 radical (unpaired) electrons. The standard InChI is InChI=1S/C22H24N4O2/c1-15-8-9-18(16(2)12-15)26-21-14-24-19(13-25-21)22(27)23-11-10-17-6-4-5-7-20(17)28-3/h4-9,12-14H,10-11H2,1-3H3,(H,23,27)(H,25,26). The summed E-state index contributed by atoms with van der Waals surface area (Å²) in [5.74, 6) is 1.16. The number of ether oxygens (including phenoxy) is 1. The Morgan fingerprint density at radius 3 is 2.61 bits per heavy atom. The summed E-state index contributed by atoms with van der Waals surface area (Å²) >= 11 is 0. The number of anilines is 2. The van der Waals surface area contributed by atoms with E-state index >= 15 is 0 Å². The number of rotatable bonds is 7. The van der Waals surface area contributed by atoms with Crippen LogP contribution in [0.5, 0.6) is 5.75 Å². The van der Waals surface area contributed by atoms with Crippen LogP contribution < -0.4 is 15.4 Å². The summed E-state index contributed by atoms with van der Waals surface area (Å²) in [6.45, 7) is 4.58. The quantitative estimate of drug-likeness (QED) is 0.656. The molecule has 28 heavy (non-hydrogen) atoms. The molecule has 0 aliphatic rings. The molecule has 6 nitrogen and oxygen atoms in total. The second kappa shape index (κ2) is 8.99. The molecule has 6 heteroatoms. The fourth-order valence-electron chi connectivity index (χ4n) is 2.91. The zero-order chi connectivity index (χ0) is 19.9. The highest BCUT2D eigenvalue weighted by atomic mass is 16.5. The van der Waals surface area contributed by atoms with Gasteiger partial charge in [0.2, 0.25) is 0 Å². The SMILES string of the molecule is COc1ccccc1CCNC(=O)c1cnc(Nc2ccc(C)cc2C)cn1. The molecule has 3 rings (SSSR count). The zero-order valence-corrected chi connectivity index (χ0v) is 16.3. The third-order valence-electron chi connectivity index (χ3n) is 4.40. The summed E-state index contributed by atoms with van der Waals surface area (Å²) in [4.78, 5) is 20.8. The van der Waals surface area contributed by atoms with Crippen LogP contribution in [0.1, 0.15) is 27.2 Å². The van der Waals surface area contributed by atoms with Crippen LogP contribution in [0, 0.1) is 13.8 Å². The van der Waals surface area contributed by atoms with Crippen molar-refractivity contribution in [1.82, 2.24) is 15.3 Å². The molecule has 2 aromatic carbocycles. The number of carbonyl (C=O) groups is 1. The van der Waals surface area contributed by atoms with Gasteiger partial charge in [-0.25, -0.2) is 9.97 Å². The molecule has 144 valence electrons. The van der Waals surface area contributed by atoms with E-state index in [1.165, 1.54) is 11.8 Å². The molecule has 0 aliphatic heterocycles. The maximum Gasteiger partial charge on any atom is 0.271 e. The van der Waals surface area contributed by atoms with Crippen molar-refractivity contribution in [2.24, 2.45) is 0 Å². The fraction of sp³-hybridized carbons (Fsp3) is 0.227. The van der Waals surface area contributed by atoms with E-state index in [4.69, 9.17) is 4.74 Å². The average molecular weight is 376 g/mol. The van der Waals surface area contributed by atoms with Crippen molar-refractivity contribution in [2.45, 2.75) is 20.3 Å². The van der Waals surface area contributed by atoms with Gasteiger partial charge in [-0.1, -0.05) is 35.9 Å². The Hall–Kier alpha value is -3.41. The molecule has 3 aromatic rings. The largest absolute Gasteiger partial charge is 0.496 e. The summed E-state index contributed by atoms with van der Waals surface area (Å²) in [5, 5.41) is 6.09. The van der Waals surface area contributed by atoms with E-state index < -0.39 is 0 Å². The smallest absolute Gasteiger partial charge is 0.271 e. The number of nitrogens with zero attached hydrogens (tertiary/aromatic N) is 2. The first kappa shape index (κ1) is 19.4. The number of carbonyl (C=O) groups excluding carboxylic acids is 1. The summed E-state index contributed by atoms with van der Waals surface area (Å²) in [5.41, 5.74) is 4.62. The lowest BCUT2D eigenvalue weighted by molar-refractivity contribution is 0.0948. The molecule has 1 amide bonds. The predicted molar refractivity (Wildman–Crippen MR) is 110 cm³/mol. The molecular formula is C22H24N4O2. The number of methoxy groups -OCH3 is 1. The topological polar surface area (TPSA) is 76.1 Å². The van der Waals surface area contributed by atoms with Crippen LogP contribution in [0.15, 0.2) is 54.9 Å². The van der Waals surface area contributed by atoms with Crippen LogP contribution >= 0.6 is 0 Å². The number of benzene rings is 2. The maximum atomic E-state index is 12.3. The third kappa shape index (κ3) is 4.85. The van der Waals surface area contributed by atoms with Gasteiger partial charge < -0.3 is 15.4 Å². The highest BCUT2D eigenvalue weighted by Crippen LogP contribution is 2.20. The highest BCUT2D eigenvalue weighted by Gasteiger charge is 2.09. The molecule has 0 bridgehead atoms. The number of hydrogen-bond donors (Lipinski definition) is 2. The van der Waals surface area contributed by atoms with Crippen molar-refractivity contribution >= 4 is 17.4 Å². The molecule has 0 fully saturated rings. The van der Waals surface area contributed by atoms with Crippen molar-refractivity contribution in [1.29, 1.82) is 0 Å². The lowest BCUT2D eigenvalue weighted by Gasteiger charge is -2.10. The van der Waals surface area contributed by atoms with Crippen LogP contribution in [-0.2, 0) is 6.42 Å². The molecule has 2 N–H and O–H groups in total. The van der Waals surface area contributed by atoms with Crippen molar-refractivity contribution in [3.8, 4) is 5.75 Å². The van der Waals surface area contributed by atoms with Crippen molar-refractivity contribution in [3.63, 3.8) is 0 Å². The van der Waals surface area contributed by atoms with E-state index in [-0.39, 0.29) is 11.6 Å². The molecule has 0 saturated carbocycles. The van der Waals surface area contributed by atoms with Gasteiger partial charge in [-0.15, -0.1) is 0 Å². The van der Waals surface area contributed by atoms with Crippen LogP contribution in [0.4, 0.5) is 11.5 Å². The average Bonchev–Trinajstić information content (AvgIpc) is 2.71. The molecule has 0 spiro atoms. The second-order valence-corrected chi connectivity index (χ2v) is 6.55. The number of amides is 1. The molecule has 1 aromatic heterocycles. The van der Waals surface area contributed by atoms with Crippen molar-refractivity contribution < 1.29 is 9.53 Å². The van der Waals surface area contributed by atoms with E-state index in [9.17, 15) is 4.79 Å². The molecule has 0 unspecified atom stereocenters. The number of nitrogens with one attached hydrogen (secondary N) is 2. The van der Waals surface area contributed by atoms with Gasteiger partial charge in [0.05, 0.1) is 19.5 Å². The summed E-state index contributed by atoms with van der Waals surface area (Å²) in [6.07, 6.45) is 3.72. The Labute approximate surface area is 165 Å². The zero-order valence-electron chi connectivity index (χ0n) is 16.3. The predicted octanol–water partition coefficient (Wildman–Crippen LogP) is 3.82. The number of aryl methyl sites for hydroxylation is 2. The van der Waals surface area contributed by atoms with E-state index in [0.717, 1.165) is 22.6 Å². The first-order valence-corrected chi connectivity index (χ1v) is 9.13. The first-order chi connectivity index (χ1) is 13.6. The molecule has 0 saturated heterocycles. The Bertz CT molecular complexity index is 955. The van der Waals surface area contributed by atoms with Gasteiger partial charge >= 0.3 is 0 Å². The van der Waals surface area contributed by atoms with E-state index in [2.05, 4.69) is 33.6 Å². The van der Waals surface area contributed by atoms with Crippen LogP contribution in [0.2, 0.25) is 0 Å². The third-order valence-corrected chi connectivity index (χ3v) is 4.40. The minimum atomic E-state index is -0.250. The summed E-state index contributed by atoms with van der Waals surface area (Å²) < 4.78 is 5.32. The van der Waals surface area contributed by atoms with E-state index in [1.807, 2.05) is 43.3 Å². The van der Waals surface area contributed by atoms with Gasteiger partial charge in [-0.2, -0.15) is 0 Å². The van der Waals surface area contributed by atoms with Crippen LogP contribution in [0.3, 0.4) is 0 Å². The van der Waals surface area contributed by atoms with Crippen LogP contribution in [-0.4, -0.2) is 29.5 Å². The van der Waals surface area contributed by atoms with Gasteiger partial charge in [0.25, 0.3) is 5.91 Å². The highest BCUT2D eigenvalue weighted by molar-refractivity contribution is 5.92. The van der Waals surface area contributed by atoms with Gasteiger partial charge in [0.15, 0.2) is 0 Å². The van der Waals surface area contributed by atoms with Gasteiger partial charge in [-0.3, -0.25) is 4.79 Å². The minimum absolute atomic E-state index is 0.250. The van der Waals surface area contributed by atoms with Crippen molar-refractivity contribution in [3.05, 3.63) is 77.2 Å². The van der Waals surface area contributed by atoms with Crippen molar-refractivity contribution in [2.75, 3.05) is 19.0 Å².